The molecule has 12 aromatic carbocycles. The molecule has 0 aromatic heterocycles. The highest BCUT2D eigenvalue weighted by atomic mass is 15.2. The molecular weight excluding hydrogens is 873 g/mol. The number of fused-ring (bicyclic) bond motifs is 3. The first-order valence-corrected chi connectivity index (χ1v) is 24.8. The Morgan fingerprint density at radius 2 is 0.361 bits per heavy atom. The maximum Gasteiger partial charge on any atom is 0.0540 e. The number of para-hydroxylation sites is 3. The molecule has 0 unspecified atom stereocenters. The van der Waals surface area contributed by atoms with E-state index in [1.807, 2.05) is 13.8 Å². The van der Waals surface area contributed by atoms with E-state index in [0.29, 0.717) is 0 Å². The maximum absolute atomic E-state index is 2.36. The van der Waals surface area contributed by atoms with E-state index in [2.05, 4.69) is 311 Å². The predicted molar refractivity (Wildman–Crippen MR) is 309 cm³/mol. The van der Waals surface area contributed by atoms with Crippen molar-refractivity contribution in [3.63, 3.8) is 0 Å². The van der Waals surface area contributed by atoms with Crippen molar-refractivity contribution in [3.05, 3.63) is 291 Å². The van der Waals surface area contributed by atoms with Crippen molar-refractivity contribution < 1.29 is 0 Å². The summed E-state index contributed by atoms with van der Waals surface area (Å²) >= 11 is 0. The van der Waals surface area contributed by atoms with Gasteiger partial charge >= 0.3 is 0 Å². The van der Waals surface area contributed by atoms with Gasteiger partial charge in [-0.25, -0.2) is 0 Å². The Morgan fingerprint density at radius 1 is 0.167 bits per heavy atom. The summed E-state index contributed by atoms with van der Waals surface area (Å²) in [7, 11) is 0. The van der Waals surface area contributed by atoms with E-state index in [0.717, 1.165) is 68.2 Å². The molecule has 0 spiro atoms. The first-order valence-electron chi connectivity index (χ1n) is 24.8. The molecule has 0 amide bonds. The summed E-state index contributed by atoms with van der Waals surface area (Å²) in [5.41, 5.74) is 13.0. The molecule has 0 aliphatic carbocycles. The summed E-state index contributed by atoms with van der Waals surface area (Å²) in [6.07, 6.45) is 0. The lowest BCUT2D eigenvalue weighted by Crippen LogP contribution is -2.14. The molecule has 4 nitrogen and oxygen atoms in total. The third kappa shape index (κ3) is 8.90. The number of hydrogen-bond donors (Lipinski definition) is 0. The number of rotatable bonds is 12. The van der Waals surface area contributed by atoms with Crippen LogP contribution in [0.4, 0.5) is 68.2 Å². The fraction of sp³-hybridized carbons (Fsp3) is 0.0294. The minimum atomic E-state index is 1.04. The van der Waals surface area contributed by atoms with Gasteiger partial charge in [0.2, 0.25) is 0 Å². The Morgan fingerprint density at radius 3 is 0.625 bits per heavy atom. The van der Waals surface area contributed by atoms with E-state index in [4.69, 9.17) is 0 Å². The maximum atomic E-state index is 2.36. The highest BCUT2D eigenvalue weighted by molar-refractivity contribution is 6.01. The highest BCUT2D eigenvalue weighted by Gasteiger charge is 2.21. The van der Waals surface area contributed by atoms with Crippen LogP contribution in [0.1, 0.15) is 13.8 Å². The standard InChI is InChI=1S/C66H48N4.C2H6/c1-4-25-52(26-5-1)68(64-34-16-22-49-19-10-13-31-61(49)64)58-43-37-55(38-44-58)67(56-39-45-59(46-40-56)69(53-27-6-2-7-28-53)65-35-17-23-50-20-11-14-32-62(50)65)57-41-47-60(48-42-57)70(54-29-8-3-9-30-54)66-36-18-24-51-21-12-15-33-63(51)66;1-2/h1-48H;1-2H3. The molecular formula is C68H54N4. The third-order valence-electron chi connectivity index (χ3n) is 13.2. The summed E-state index contributed by atoms with van der Waals surface area (Å²) < 4.78 is 0. The molecule has 0 bridgehead atoms. The largest absolute Gasteiger partial charge is 0.310 e. The molecule has 0 fully saturated rings. The lowest BCUT2D eigenvalue weighted by atomic mass is 10.1. The molecule has 0 heterocycles. The Balaban J connectivity index is 0.00000277. The van der Waals surface area contributed by atoms with Crippen LogP contribution in [0, 0.1) is 0 Å². The van der Waals surface area contributed by atoms with Crippen LogP contribution in [-0.4, -0.2) is 0 Å². The summed E-state index contributed by atoms with van der Waals surface area (Å²) in [6, 6.07) is 104. The first-order chi connectivity index (χ1) is 35.7. The summed E-state index contributed by atoms with van der Waals surface area (Å²) in [5, 5.41) is 7.19. The third-order valence-corrected chi connectivity index (χ3v) is 13.2. The van der Waals surface area contributed by atoms with Crippen molar-refractivity contribution in [2.45, 2.75) is 13.8 Å². The average Bonchev–Trinajstić information content (AvgIpc) is 3.46. The number of hydrogen-bond acceptors (Lipinski definition) is 4. The van der Waals surface area contributed by atoms with E-state index in [1.165, 1.54) is 32.3 Å². The van der Waals surface area contributed by atoms with Gasteiger partial charge < -0.3 is 19.6 Å². The molecule has 0 aliphatic heterocycles. The second kappa shape index (κ2) is 20.7. The number of nitrogens with zero attached hydrogens (tertiary/aromatic N) is 4. The Bertz CT molecular complexity index is 3300. The van der Waals surface area contributed by atoms with E-state index in [1.54, 1.807) is 0 Å². The number of anilines is 12. The van der Waals surface area contributed by atoms with Gasteiger partial charge in [0.1, 0.15) is 0 Å². The summed E-state index contributed by atoms with van der Waals surface area (Å²) in [6.45, 7) is 4.00. The molecule has 0 saturated heterocycles. The zero-order chi connectivity index (χ0) is 48.6. The zero-order valence-corrected chi connectivity index (χ0v) is 40.5. The Labute approximate surface area is 423 Å². The van der Waals surface area contributed by atoms with Gasteiger partial charge in [-0.3, -0.25) is 0 Å². The van der Waals surface area contributed by atoms with Crippen LogP contribution in [0.5, 0.6) is 0 Å². The summed E-state index contributed by atoms with van der Waals surface area (Å²) in [5.74, 6) is 0. The lowest BCUT2D eigenvalue weighted by Gasteiger charge is -2.31. The van der Waals surface area contributed by atoms with Gasteiger partial charge in [0, 0.05) is 67.3 Å². The van der Waals surface area contributed by atoms with Crippen molar-refractivity contribution in [2.75, 3.05) is 19.6 Å². The van der Waals surface area contributed by atoms with E-state index in [-0.39, 0.29) is 0 Å². The average molecular weight is 927 g/mol. The van der Waals surface area contributed by atoms with Crippen molar-refractivity contribution in [2.24, 2.45) is 0 Å². The second-order valence-electron chi connectivity index (χ2n) is 17.4. The number of benzene rings is 12. The monoisotopic (exact) mass is 926 g/mol. The molecule has 4 heteroatoms. The fourth-order valence-corrected chi connectivity index (χ4v) is 9.92. The van der Waals surface area contributed by atoms with E-state index in [9.17, 15) is 0 Å². The van der Waals surface area contributed by atoms with E-state index >= 15 is 0 Å². The van der Waals surface area contributed by atoms with Crippen molar-refractivity contribution in [1.82, 2.24) is 0 Å². The minimum Gasteiger partial charge on any atom is -0.310 e. The molecule has 0 N–H and O–H groups in total. The molecule has 0 aliphatic rings. The van der Waals surface area contributed by atoms with Crippen molar-refractivity contribution in [1.29, 1.82) is 0 Å². The van der Waals surface area contributed by atoms with Gasteiger partial charge in [-0.15, -0.1) is 0 Å². The van der Waals surface area contributed by atoms with Crippen LogP contribution >= 0.6 is 0 Å². The van der Waals surface area contributed by atoms with Crippen LogP contribution in [0.2, 0.25) is 0 Å². The topological polar surface area (TPSA) is 13.0 Å². The second-order valence-corrected chi connectivity index (χ2v) is 17.4. The normalized spacial score (nSPS) is 10.9. The van der Waals surface area contributed by atoms with Crippen molar-refractivity contribution in [3.8, 4) is 0 Å². The predicted octanol–water partition coefficient (Wildman–Crippen LogP) is 20.1. The van der Waals surface area contributed by atoms with Gasteiger partial charge in [-0.2, -0.15) is 0 Å². The molecule has 0 saturated carbocycles. The van der Waals surface area contributed by atoms with Gasteiger partial charge in [-0.05, 0) is 144 Å². The van der Waals surface area contributed by atoms with Gasteiger partial charge in [0.05, 0.1) is 17.1 Å². The van der Waals surface area contributed by atoms with Gasteiger partial charge in [0.25, 0.3) is 0 Å². The lowest BCUT2D eigenvalue weighted by molar-refractivity contribution is 1.24. The van der Waals surface area contributed by atoms with Crippen LogP contribution in [-0.2, 0) is 0 Å². The van der Waals surface area contributed by atoms with Crippen LogP contribution in [0.3, 0.4) is 0 Å². The van der Waals surface area contributed by atoms with Crippen LogP contribution < -0.4 is 19.6 Å². The Kier molecular flexibility index (Phi) is 13.0. The Hall–Kier alpha value is -9.38. The van der Waals surface area contributed by atoms with Gasteiger partial charge in [-0.1, -0.05) is 178 Å². The zero-order valence-electron chi connectivity index (χ0n) is 40.5. The molecule has 346 valence electrons. The minimum absolute atomic E-state index is 1.04. The smallest absolute Gasteiger partial charge is 0.0540 e. The van der Waals surface area contributed by atoms with Crippen LogP contribution in [0.25, 0.3) is 32.3 Å². The molecule has 0 atom stereocenters. The molecule has 12 rings (SSSR count). The van der Waals surface area contributed by atoms with Crippen molar-refractivity contribution >= 4 is 101 Å². The summed E-state index contributed by atoms with van der Waals surface area (Å²) in [4.78, 5) is 9.43. The first kappa shape index (κ1) is 45.1. The quantitative estimate of drug-likeness (QED) is 0.121. The molecule has 0 radical (unpaired) electrons. The van der Waals surface area contributed by atoms with Gasteiger partial charge in [0.15, 0.2) is 0 Å². The van der Waals surface area contributed by atoms with Crippen LogP contribution in [0.15, 0.2) is 291 Å². The SMILES string of the molecule is CC.c1ccc(N(c2ccc(N(c3ccc(N(c4ccccc4)c4cccc5ccccc45)cc3)c3ccc(N(c4ccccc4)c4cccc5ccccc45)cc3)cc2)c2cccc3ccccc23)cc1. The highest BCUT2D eigenvalue weighted by Crippen LogP contribution is 2.45. The fourth-order valence-electron chi connectivity index (χ4n) is 9.92. The molecule has 12 aromatic rings. The van der Waals surface area contributed by atoms with E-state index < -0.39 is 0 Å². The molecule has 72 heavy (non-hydrogen) atoms.